The molecule has 1 aliphatic heterocycles. The zero-order valence-electron chi connectivity index (χ0n) is 11.1. The SMILES string of the molecule is Nc1ccc(C(=O)N2CC(C(=O)O)c3ccccc32)nc1. The molecule has 0 saturated carbocycles. The first-order chi connectivity index (χ1) is 10.1. The zero-order chi connectivity index (χ0) is 15.0. The number of benzene rings is 1. The molecule has 1 aromatic carbocycles. The molecule has 1 aliphatic rings. The first-order valence-electron chi connectivity index (χ1n) is 6.43. The third-order valence-corrected chi connectivity index (χ3v) is 3.52. The number of anilines is 2. The maximum absolute atomic E-state index is 12.5. The van der Waals surface area contributed by atoms with Crippen LogP contribution in [0.2, 0.25) is 0 Å². The fourth-order valence-corrected chi connectivity index (χ4v) is 2.48. The van der Waals surface area contributed by atoms with Gasteiger partial charge in [0.15, 0.2) is 0 Å². The van der Waals surface area contributed by atoms with E-state index >= 15 is 0 Å². The Hall–Kier alpha value is -2.89. The number of fused-ring (bicyclic) bond motifs is 1. The minimum atomic E-state index is -0.942. The van der Waals surface area contributed by atoms with Gasteiger partial charge in [0.2, 0.25) is 0 Å². The number of carboxylic acid groups (broad SMARTS) is 1. The average molecular weight is 283 g/mol. The van der Waals surface area contributed by atoms with Crippen LogP contribution < -0.4 is 10.6 Å². The van der Waals surface area contributed by atoms with Crippen LogP contribution in [-0.2, 0) is 4.79 Å². The molecule has 1 aromatic heterocycles. The Morgan fingerprint density at radius 1 is 1.24 bits per heavy atom. The molecule has 0 aliphatic carbocycles. The summed E-state index contributed by atoms with van der Waals surface area (Å²) >= 11 is 0. The van der Waals surface area contributed by atoms with Gasteiger partial charge in [-0.25, -0.2) is 4.98 Å². The van der Waals surface area contributed by atoms with Crippen LogP contribution in [-0.4, -0.2) is 28.5 Å². The van der Waals surface area contributed by atoms with Crippen LogP contribution in [0.4, 0.5) is 11.4 Å². The number of aromatic nitrogens is 1. The van der Waals surface area contributed by atoms with E-state index in [4.69, 9.17) is 5.73 Å². The van der Waals surface area contributed by atoms with Gasteiger partial charge in [0.05, 0.1) is 11.9 Å². The van der Waals surface area contributed by atoms with Gasteiger partial charge >= 0.3 is 5.97 Å². The summed E-state index contributed by atoms with van der Waals surface area (Å²) in [5.41, 5.74) is 7.53. The molecule has 0 fully saturated rings. The molecule has 21 heavy (non-hydrogen) atoms. The lowest BCUT2D eigenvalue weighted by Gasteiger charge is -2.16. The van der Waals surface area contributed by atoms with E-state index < -0.39 is 11.9 Å². The second-order valence-electron chi connectivity index (χ2n) is 4.84. The molecule has 3 N–H and O–H groups in total. The molecule has 6 heteroatoms. The van der Waals surface area contributed by atoms with Crippen molar-refractivity contribution in [2.45, 2.75) is 5.92 Å². The van der Waals surface area contributed by atoms with Gasteiger partial charge in [0, 0.05) is 12.2 Å². The molecule has 1 amide bonds. The van der Waals surface area contributed by atoms with Crippen LogP contribution in [0, 0.1) is 0 Å². The Kier molecular flexibility index (Phi) is 3.06. The number of rotatable bonds is 2. The lowest BCUT2D eigenvalue weighted by atomic mass is 10.0. The number of aliphatic carboxylic acids is 1. The second-order valence-corrected chi connectivity index (χ2v) is 4.84. The lowest BCUT2D eigenvalue weighted by molar-refractivity contribution is -0.138. The van der Waals surface area contributed by atoms with Gasteiger partial charge in [0.1, 0.15) is 11.6 Å². The maximum Gasteiger partial charge on any atom is 0.312 e. The lowest BCUT2D eigenvalue weighted by Crippen LogP contribution is -2.31. The van der Waals surface area contributed by atoms with Crippen molar-refractivity contribution in [2.75, 3.05) is 17.2 Å². The molecule has 1 unspecified atom stereocenters. The number of carbonyl (C=O) groups is 2. The molecule has 3 rings (SSSR count). The summed E-state index contributed by atoms with van der Waals surface area (Å²) < 4.78 is 0. The van der Waals surface area contributed by atoms with Crippen molar-refractivity contribution in [3.8, 4) is 0 Å². The molecule has 0 saturated heterocycles. The van der Waals surface area contributed by atoms with Gasteiger partial charge in [-0.3, -0.25) is 9.59 Å². The largest absolute Gasteiger partial charge is 0.481 e. The molecule has 2 aromatic rings. The van der Waals surface area contributed by atoms with E-state index in [1.807, 2.05) is 0 Å². The van der Waals surface area contributed by atoms with Crippen LogP contribution in [0.1, 0.15) is 22.0 Å². The number of carbonyl (C=O) groups excluding carboxylic acids is 1. The highest BCUT2D eigenvalue weighted by Gasteiger charge is 2.36. The van der Waals surface area contributed by atoms with Crippen molar-refractivity contribution in [2.24, 2.45) is 0 Å². The molecular weight excluding hydrogens is 270 g/mol. The summed E-state index contributed by atoms with van der Waals surface area (Å²) in [7, 11) is 0. The van der Waals surface area contributed by atoms with Gasteiger partial charge in [-0.2, -0.15) is 0 Å². The predicted molar refractivity (Wildman–Crippen MR) is 77.1 cm³/mol. The summed E-state index contributed by atoms with van der Waals surface area (Å²) in [6.45, 7) is 0.111. The number of nitrogens with two attached hydrogens (primary N) is 1. The normalized spacial score (nSPS) is 16.6. The van der Waals surface area contributed by atoms with Crippen molar-refractivity contribution in [3.63, 3.8) is 0 Å². The predicted octanol–water partition coefficient (Wildman–Crippen LogP) is 1.49. The van der Waals surface area contributed by atoms with E-state index in [0.717, 1.165) is 0 Å². The molecule has 1 atom stereocenters. The van der Waals surface area contributed by atoms with E-state index in [-0.39, 0.29) is 18.1 Å². The van der Waals surface area contributed by atoms with Crippen molar-refractivity contribution < 1.29 is 14.7 Å². The van der Waals surface area contributed by atoms with Crippen molar-refractivity contribution in [1.29, 1.82) is 0 Å². The molecule has 106 valence electrons. The molecular formula is C15H13N3O3. The quantitative estimate of drug-likeness (QED) is 0.870. The Morgan fingerprint density at radius 2 is 2.00 bits per heavy atom. The first kappa shape index (κ1) is 13.1. The second kappa shape index (κ2) is 4.90. The summed E-state index contributed by atoms with van der Waals surface area (Å²) in [5, 5.41) is 9.30. The Bertz CT molecular complexity index is 712. The topological polar surface area (TPSA) is 96.5 Å². The molecule has 0 radical (unpaired) electrons. The molecule has 0 spiro atoms. The highest BCUT2D eigenvalue weighted by Crippen LogP contribution is 2.36. The summed E-state index contributed by atoms with van der Waals surface area (Å²) in [5.74, 6) is -1.98. The van der Waals surface area contributed by atoms with Crippen LogP contribution in [0.15, 0.2) is 42.6 Å². The van der Waals surface area contributed by atoms with E-state index in [1.54, 1.807) is 30.3 Å². The fourth-order valence-electron chi connectivity index (χ4n) is 2.48. The van der Waals surface area contributed by atoms with Crippen molar-refractivity contribution >= 4 is 23.3 Å². The van der Waals surface area contributed by atoms with Gasteiger partial charge in [0.25, 0.3) is 5.91 Å². The molecule has 6 nitrogen and oxygen atoms in total. The molecule has 0 bridgehead atoms. The van der Waals surface area contributed by atoms with E-state index in [1.165, 1.54) is 17.2 Å². The van der Waals surface area contributed by atoms with Crippen molar-refractivity contribution in [3.05, 3.63) is 53.9 Å². The number of nitrogens with zero attached hydrogens (tertiary/aromatic N) is 2. The van der Waals surface area contributed by atoms with Crippen LogP contribution in [0.5, 0.6) is 0 Å². The van der Waals surface area contributed by atoms with Crippen LogP contribution >= 0.6 is 0 Å². The standard InChI is InChI=1S/C15H13N3O3/c16-9-5-6-12(17-7-9)14(19)18-8-11(15(20)21)10-3-1-2-4-13(10)18/h1-7,11H,8,16H2,(H,20,21). The number of carboxylic acids is 1. The van der Waals surface area contributed by atoms with Crippen molar-refractivity contribution in [1.82, 2.24) is 4.98 Å². The minimum Gasteiger partial charge on any atom is -0.481 e. The Morgan fingerprint density at radius 3 is 2.67 bits per heavy atom. The number of para-hydroxylation sites is 1. The summed E-state index contributed by atoms with van der Waals surface area (Å²) in [6, 6.07) is 10.2. The van der Waals surface area contributed by atoms with E-state index in [2.05, 4.69) is 4.98 Å². The zero-order valence-corrected chi connectivity index (χ0v) is 11.1. The maximum atomic E-state index is 12.5. The minimum absolute atomic E-state index is 0.111. The number of amides is 1. The number of pyridine rings is 1. The van der Waals surface area contributed by atoms with Gasteiger partial charge in [-0.1, -0.05) is 18.2 Å². The highest BCUT2D eigenvalue weighted by atomic mass is 16.4. The fraction of sp³-hybridized carbons (Fsp3) is 0.133. The monoisotopic (exact) mass is 283 g/mol. The highest BCUT2D eigenvalue weighted by molar-refractivity contribution is 6.07. The van der Waals surface area contributed by atoms with Gasteiger partial charge < -0.3 is 15.7 Å². The van der Waals surface area contributed by atoms with Gasteiger partial charge in [-0.05, 0) is 23.8 Å². The Balaban J connectivity index is 1.98. The first-order valence-corrected chi connectivity index (χ1v) is 6.43. The number of hydrogen-bond donors (Lipinski definition) is 2. The Labute approximate surface area is 120 Å². The van der Waals surface area contributed by atoms with Gasteiger partial charge in [-0.15, -0.1) is 0 Å². The average Bonchev–Trinajstić information content (AvgIpc) is 2.87. The molecule has 2 heterocycles. The van der Waals surface area contributed by atoms with E-state index in [9.17, 15) is 14.7 Å². The third-order valence-electron chi connectivity index (χ3n) is 3.52. The summed E-state index contributed by atoms with van der Waals surface area (Å²) in [6.07, 6.45) is 1.41. The third kappa shape index (κ3) is 2.20. The number of hydrogen-bond acceptors (Lipinski definition) is 4. The smallest absolute Gasteiger partial charge is 0.312 e. The summed E-state index contributed by atoms with van der Waals surface area (Å²) in [4.78, 5) is 29.3. The van der Waals surface area contributed by atoms with Crippen LogP contribution in [0.25, 0.3) is 0 Å². The van der Waals surface area contributed by atoms with E-state index in [0.29, 0.717) is 16.9 Å². The van der Waals surface area contributed by atoms with Crippen LogP contribution in [0.3, 0.4) is 0 Å². The number of nitrogen functional groups attached to an aromatic ring is 1.